The van der Waals surface area contributed by atoms with Gasteiger partial charge in [-0.2, -0.15) is 0 Å². The molecule has 0 aliphatic carbocycles. The minimum atomic E-state index is -0.640. The smallest absolute Gasteiger partial charge is 0.330 e. The molecule has 1 fully saturated rings. The summed E-state index contributed by atoms with van der Waals surface area (Å²) in [6, 6.07) is 19.9. The fourth-order valence-corrected chi connectivity index (χ4v) is 4.87. The molecule has 36 heavy (non-hydrogen) atoms. The van der Waals surface area contributed by atoms with Crippen LogP contribution in [0.3, 0.4) is 0 Å². The molecule has 1 aliphatic heterocycles. The maximum absolute atomic E-state index is 13.5. The Balaban J connectivity index is 1.55. The Morgan fingerprint density at radius 1 is 1.03 bits per heavy atom. The number of nitrogens with one attached hydrogen (secondary N) is 1. The van der Waals surface area contributed by atoms with Crippen LogP contribution in [-0.4, -0.2) is 46.5 Å². The fourth-order valence-electron chi connectivity index (χ4n) is 4.87. The number of aromatic amines is 1. The van der Waals surface area contributed by atoms with Gasteiger partial charge in [-0.1, -0.05) is 74.5 Å². The summed E-state index contributed by atoms with van der Waals surface area (Å²) in [6.45, 7) is 6.30. The van der Waals surface area contributed by atoms with E-state index in [1.165, 1.54) is 15.0 Å². The first kappa shape index (κ1) is 25.4. The number of nitrogens with two attached hydrogens (primary N) is 1. The molecule has 2 aromatic carbocycles. The zero-order chi connectivity index (χ0) is 25.7. The first-order valence-corrected chi connectivity index (χ1v) is 12.6. The van der Waals surface area contributed by atoms with E-state index in [-0.39, 0.29) is 36.4 Å². The van der Waals surface area contributed by atoms with E-state index in [0.717, 1.165) is 31.5 Å². The molecule has 0 unspecified atom stereocenters. The SMILES string of the molecule is CC(C)CN(C(=O)CN1CCC(c2ccccc2)CC1)c1c(N)n(Cc2ccccc2)c(=O)[nH]c1=O. The second-order valence-electron chi connectivity index (χ2n) is 9.92. The van der Waals surface area contributed by atoms with Crippen molar-refractivity contribution in [3.8, 4) is 0 Å². The number of H-pyrrole nitrogens is 1. The normalized spacial score (nSPS) is 14.8. The maximum Gasteiger partial charge on any atom is 0.330 e. The highest BCUT2D eigenvalue weighted by Gasteiger charge is 2.28. The maximum atomic E-state index is 13.5. The largest absolute Gasteiger partial charge is 0.383 e. The van der Waals surface area contributed by atoms with Crippen molar-refractivity contribution in [2.24, 2.45) is 5.92 Å². The van der Waals surface area contributed by atoms with Gasteiger partial charge in [0.1, 0.15) is 5.82 Å². The number of piperidine rings is 1. The van der Waals surface area contributed by atoms with Crippen LogP contribution in [0.4, 0.5) is 11.5 Å². The lowest BCUT2D eigenvalue weighted by atomic mass is 9.89. The van der Waals surface area contributed by atoms with Crippen LogP contribution in [-0.2, 0) is 11.3 Å². The van der Waals surface area contributed by atoms with Crippen molar-refractivity contribution in [2.75, 3.05) is 36.8 Å². The third kappa shape index (κ3) is 5.94. The second-order valence-corrected chi connectivity index (χ2v) is 9.92. The van der Waals surface area contributed by atoms with Crippen molar-refractivity contribution in [2.45, 2.75) is 39.2 Å². The highest BCUT2D eigenvalue weighted by molar-refractivity contribution is 5.96. The van der Waals surface area contributed by atoms with Gasteiger partial charge in [0.2, 0.25) is 5.91 Å². The summed E-state index contributed by atoms with van der Waals surface area (Å²) in [5.74, 6) is 0.406. The van der Waals surface area contributed by atoms with E-state index in [4.69, 9.17) is 5.73 Å². The first-order valence-electron chi connectivity index (χ1n) is 12.6. The van der Waals surface area contributed by atoms with Gasteiger partial charge in [0, 0.05) is 6.54 Å². The number of rotatable bonds is 8. The monoisotopic (exact) mass is 489 g/mol. The van der Waals surface area contributed by atoms with E-state index >= 15 is 0 Å². The summed E-state index contributed by atoms with van der Waals surface area (Å²) in [6.07, 6.45) is 1.96. The zero-order valence-electron chi connectivity index (χ0n) is 21.0. The number of benzene rings is 2. The number of carbonyl (C=O) groups excluding carboxylic acids is 1. The number of nitrogens with zero attached hydrogens (tertiary/aromatic N) is 3. The summed E-state index contributed by atoms with van der Waals surface area (Å²) in [4.78, 5) is 45.1. The predicted octanol–water partition coefficient (Wildman–Crippen LogP) is 3.04. The van der Waals surface area contributed by atoms with Gasteiger partial charge in [-0.3, -0.25) is 24.0 Å². The van der Waals surface area contributed by atoms with Gasteiger partial charge in [-0.15, -0.1) is 0 Å². The molecule has 4 rings (SSSR count). The molecule has 1 aromatic heterocycles. The molecule has 8 heteroatoms. The minimum Gasteiger partial charge on any atom is -0.383 e. The summed E-state index contributed by atoms with van der Waals surface area (Å²) < 4.78 is 1.32. The van der Waals surface area contributed by atoms with Crippen molar-refractivity contribution in [3.05, 3.63) is 92.6 Å². The van der Waals surface area contributed by atoms with E-state index in [9.17, 15) is 14.4 Å². The van der Waals surface area contributed by atoms with E-state index in [0.29, 0.717) is 12.5 Å². The minimum absolute atomic E-state index is 0.00406. The fraction of sp³-hybridized carbons (Fsp3) is 0.393. The Hall–Kier alpha value is -3.65. The molecule has 1 aliphatic rings. The molecule has 2 heterocycles. The van der Waals surface area contributed by atoms with E-state index in [2.05, 4.69) is 34.1 Å². The average molecular weight is 490 g/mol. The number of anilines is 2. The lowest BCUT2D eigenvalue weighted by Gasteiger charge is -2.34. The molecule has 3 aromatic rings. The number of aromatic nitrogens is 2. The Kier molecular flexibility index (Phi) is 8.05. The average Bonchev–Trinajstić information content (AvgIpc) is 2.87. The van der Waals surface area contributed by atoms with Gasteiger partial charge in [0.05, 0.1) is 13.1 Å². The van der Waals surface area contributed by atoms with E-state index in [1.54, 1.807) is 0 Å². The van der Waals surface area contributed by atoms with Gasteiger partial charge in [-0.05, 0) is 48.9 Å². The molecule has 0 radical (unpaired) electrons. The van der Waals surface area contributed by atoms with Crippen LogP contribution in [0.25, 0.3) is 0 Å². The van der Waals surface area contributed by atoms with Crippen molar-refractivity contribution < 1.29 is 4.79 Å². The van der Waals surface area contributed by atoms with Gasteiger partial charge >= 0.3 is 5.69 Å². The Morgan fingerprint density at radius 2 is 1.64 bits per heavy atom. The number of amides is 1. The van der Waals surface area contributed by atoms with Crippen LogP contribution in [0, 0.1) is 5.92 Å². The van der Waals surface area contributed by atoms with Crippen LogP contribution in [0.1, 0.15) is 43.7 Å². The van der Waals surface area contributed by atoms with Crippen molar-refractivity contribution >= 4 is 17.4 Å². The third-order valence-electron chi connectivity index (χ3n) is 6.73. The van der Waals surface area contributed by atoms with Crippen molar-refractivity contribution in [1.82, 2.24) is 14.5 Å². The summed E-state index contributed by atoms with van der Waals surface area (Å²) in [5, 5.41) is 0. The molecular formula is C28H35N5O3. The molecule has 3 N–H and O–H groups in total. The molecule has 190 valence electrons. The number of likely N-dealkylation sites (tertiary alicyclic amines) is 1. The molecule has 0 spiro atoms. The molecule has 0 bridgehead atoms. The molecule has 1 amide bonds. The standard InChI is InChI=1S/C28H35N5O3/c1-20(2)17-32(24(34)19-31-15-13-23(14-16-31)22-11-7-4-8-12-22)25-26(29)33(28(36)30-27(25)35)18-21-9-5-3-6-10-21/h3-12,20,23H,13-19,29H2,1-2H3,(H,30,35,36). The number of nitrogen functional groups attached to an aromatic ring is 1. The quantitative estimate of drug-likeness (QED) is 0.506. The molecule has 8 nitrogen and oxygen atoms in total. The summed E-state index contributed by atoms with van der Waals surface area (Å²) in [5.41, 5.74) is 7.42. The van der Waals surface area contributed by atoms with Gasteiger partial charge in [0.15, 0.2) is 5.69 Å². The highest BCUT2D eigenvalue weighted by Crippen LogP contribution is 2.28. The lowest BCUT2D eigenvalue weighted by molar-refractivity contribution is -0.120. The number of hydrogen-bond acceptors (Lipinski definition) is 5. The molecule has 0 atom stereocenters. The van der Waals surface area contributed by atoms with Gasteiger partial charge in [0.25, 0.3) is 5.56 Å². The Morgan fingerprint density at radius 3 is 2.25 bits per heavy atom. The van der Waals surface area contributed by atoms with Crippen molar-refractivity contribution in [3.63, 3.8) is 0 Å². The van der Waals surface area contributed by atoms with Crippen LogP contribution in [0.2, 0.25) is 0 Å². The van der Waals surface area contributed by atoms with Crippen LogP contribution in [0.5, 0.6) is 0 Å². The first-order chi connectivity index (χ1) is 17.3. The van der Waals surface area contributed by atoms with Crippen LogP contribution in [0.15, 0.2) is 70.3 Å². The van der Waals surface area contributed by atoms with E-state index in [1.807, 2.05) is 50.2 Å². The second kappa shape index (κ2) is 11.4. The number of carbonyl (C=O) groups is 1. The summed E-state index contributed by atoms with van der Waals surface area (Å²) >= 11 is 0. The topological polar surface area (TPSA) is 104 Å². The zero-order valence-corrected chi connectivity index (χ0v) is 21.0. The van der Waals surface area contributed by atoms with Gasteiger partial charge in [-0.25, -0.2) is 4.79 Å². The third-order valence-corrected chi connectivity index (χ3v) is 6.73. The highest BCUT2D eigenvalue weighted by atomic mass is 16.2. The lowest BCUT2D eigenvalue weighted by Crippen LogP contribution is -2.47. The van der Waals surface area contributed by atoms with Crippen LogP contribution < -0.4 is 21.9 Å². The molecule has 1 saturated heterocycles. The predicted molar refractivity (Wildman–Crippen MR) is 143 cm³/mol. The molecular weight excluding hydrogens is 454 g/mol. The Labute approximate surface area is 211 Å². The van der Waals surface area contributed by atoms with E-state index < -0.39 is 11.2 Å². The van der Waals surface area contributed by atoms with Crippen molar-refractivity contribution in [1.29, 1.82) is 0 Å². The summed E-state index contributed by atoms with van der Waals surface area (Å²) in [7, 11) is 0. The number of hydrogen-bond donors (Lipinski definition) is 2. The van der Waals surface area contributed by atoms with Gasteiger partial charge < -0.3 is 10.6 Å². The molecule has 0 saturated carbocycles. The Bertz CT molecular complexity index is 1280. The van der Waals surface area contributed by atoms with Crippen LogP contribution >= 0.6 is 0 Å².